The van der Waals surface area contributed by atoms with Gasteiger partial charge in [0, 0.05) is 50.7 Å². The molecule has 1 aromatic rings. The van der Waals surface area contributed by atoms with Crippen molar-refractivity contribution < 1.29 is 9.59 Å². The van der Waals surface area contributed by atoms with E-state index in [1.807, 2.05) is 40.1 Å². The van der Waals surface area contributed by atoms with Crippen LogP contribution in [0.2, 0.25) is 0 Å². The summed E-state index contributed by atoms with van der Waals surface area (Å²) >= 11 is 0. The van der Waals surface area contributed by atoms with Crippen LogP contribution in [-0.2, 0) is 4.79 Å². The molecule has 0 radical (unpaired) electrons. The number of rotatable bonds is 3. The zero-order valence-electron chi connectivity index (χ0n) is 14.5. The summed E-state index contributed by atoms with van der Waals surface area (Å²) in [5.41, 5.74) is 0.734. The lowest BCUT2D eigenvalue weighted by Gasteiger charge is -2.38. The van der Waals surface area contributed by atoms with E-state index in [9.17, 15) is 9.59 Å². The number of benzene rings is 1. The Morgan fingerprint density at radius 1 is 0.917 bits per heavy atom. The predicted octanol–water partition coefficient (Wildman–Crippen LogP) is 1.70. The first kappa shape index (κ1) is 17.0. The smallest absolute Gasteiger partial charge is 0.253 e. The zero-order chi connectivity index (χ0) is 16.9. The van der Waals surface area contributed by atoms with Crippen LogP contribution in [0.25, 0.3) is 0 Å². The van der Waals surface area contributed by atoms with Crippen molar-refractivity contribution in [3.05, 3.63) is 35.9 Å². The fourth-order valence-corrected chi connectivity index (χ4v) is 3.64. The first-order valence-electron chi connectivity index (χ1n) is 9.04. The van der Waals surface area contributed by atoms with Crippen molar-refractivity contribution >= 4 is 11.8 Å². The summed E-state index contributed by atoms with van der Waals surface area (Å²) in [7, 11) is 0. The maximum absolute atomic E-state index is 12.7. The number of likely N-dealkylation sites (tertiary alicyclic amines) is 1. The lowest BCUT2D eigenvalue weighted by Crippen LogP contribution is -2.51. The largest absolute Gasteiger partial charge is 0.340 e. The summed E-state index contributed by atoms with van der Waals surface area (Å²) in [6.07, 6.45) is 1.57. The van der Waals surface area contributed by atoms with Crippen LogP contribution in [0.4, 0.5) is 0 Å². The van der Waals surface area contributed by atoms with Gasteiger partial charge in [-0.2, -0.15) is 0 Å². The Morgan fingerprint density at radius 3 is 2.12 bits per heavy atom. The van der Waals surface area contributed by atoms with Crippen LogP contribution in [-0.4, -0.2) is 72.3 Å². The Labute approximate surface area is 144 Å². The molecular formula is C19H27N3O2. The third kappa shape index (κ3) is 3.78. The molecule has 5 nitrogen and oxygen atoms in total. The highest BCUT2D eigenvalue weighted by Gasteiger charge is 2.31. The fraction of sp³-hybridized carbons (Fsp3) is 0.579. The molecule has 0 saturated carbocycles. The summed E-state index contributed by atoms with van der Waals surface area (Å²) in [5.74, 6) is 0.452. The highest BCUT2D eigenvalue weighted by atomic mass is 16.2. The van der Waals surface area contributed by atoms with Gasteiger partial charge in [-0.1, -0.05) is 25.1 Å². The predicted molar refractivity (Wildman–Crippen MR) is 93.8 cm³/mol. The van der Waals surface area contributed by atoms with Gasteiger partial charge in [0.15, 0.2) is 0 Å². The number of nitrogens with zero attached hydrogens (tertiary/aromatic N) is 3. The van der Waals surface area contributed by atoms with Crippen molar-refractivity contribution in [3.8, 4) is 0 Å². The standard InChI is InChI=1S/C19H27N3O2/c1-2-20-12-14-22(15-13-20)19(24)17-8-10-21(11-9-17)18(23)16-6-4-3-5-7-16/h3-7,17H,2,8-15H2,1H3. The van der Waals surface area contributed by atoms with Crippen LogP contribution in [0.5, 0.6) is 0 Å². The Kier molecular flexibility index (Phi) is 5.51. The number of piperazine rings is 1. The number of piperidine rings is 1. The van der Waals surface area contributed by atoms with Gasteiger partial charge in [0.05, 0.1) is 0 Å². The van der Waals surface area contributed by atoms with Crippen molar-refractivity contribution in [2.75, 3.05) is 45.8 Å². The van der Waals surface area contributed by atoms with E-state index in [1.54, 1.807) is 0 Å². The van der Waals surface area contributed by atoms with E-state index < -0.39 is 0 Å². The highest BCUT2D eigenvalue weighted by Crippen LogP contribution is 2.22. The number of amides is 2. The molecule has 2 fully saturated rings. The van der Waals surface area contributed by atoms with Gasteiger partial charge in [0.25, 0.3) is 5.91 Å². The Bertz CT molecular complexity index is 559. The summed E-state index contributed by atoms with van der Waals surface area (Å²) in [6.45, 7) is 8.23. The maximum atomic E-state index is 12.7. The minimum Gasteiger partial charge on any atom is -0.340 e. The molecule has 5 heteroatoms. The second kappa shape index (κ2) is 7.79. The third-order valence-electron chi connectivity index (χ3n) is 5.28. The number of carbonyl (C=O) groups excluding carboxylic acids is 2. The van der Waals surface area contributed by atoms with Crippen LogP contribution >= 0.6 is 0 Å². The normalized spacial score (nSPS) is 20.2. The van der Waals surface area contributed by atoms with Crippen molar-refractivity contribution in [2.24, 2.45) is 5.92 Å². The summed E-state index contributed by atoms with van der Waals surface area (Å²) < 4.78 is 0. The molecule has 2 heterocycles. The van der Waals surface area contributed by atoms with Gasteiger partial charge in [0.1, 0.15) is 0 Å². The molecule has 0 aromatic heterocycles. The molecule has 3 rings (SSSR count). The molecule has 0 atom stereocenters. The quantitative estimate of drug-likeness (QED) is 0.848. The van der Waals surface area contributed by atoms with E-state index in [1.165, 1.54) is 0 Å². The highest BCUT2D eigenvalue weighted by molar-refractivity contribution is 5.94. The van der Waals surface area contributed by atoms with Crippen LogP contribution in [0.3, 0.4) is 0 Å². The molecule has 130 valence electrons. The third-order valence-corrected chi connectivity index (χ3v) is 5.28. The second-order valence-corrected chi connectivity index (χ2v) is 6.69. The Morgan fingerprint density at radius 2 is 1.54 bits per heavy atom. The van der Waals surface area contributed by atoms with Crippen LogP contribution in [0, 0.1) is 5.92 Å². The average molecular weight is 329 g/mol. The summed E-state index contributed by atoms with van der Waals surface area (Å²) in [4.78, 5) is 31.5. The SMILES string of the molecule is CCN1CCN(C(=O)C2CCN(C(=O)c3ccccc3)CC2)CC1. The molecule has 0 aliphatic carbocycles. The van der Waals surface area contributed by atoms with Crippen molar-refractivity contribution in [3.63, 3.8) is 0 Å². The zero-order valence-corrected chi connectivity index (χ0v) is 14.5. The number of carbonyl (C=O) groups is 2. The van der Waals surface area contributed by atoms with E-state index in [2.05, 4.69) is 11.8 Å². The van der Waals surface area contributed by atoms with Crippen molar-refractivity contribution in [1.29, 1.82) is 0 Å². The number of hydrogen-bond donors (Lipinski definition) is 0. The fourth-order valence-electron chi connectivity index (χ4n) is 3.64. The first-order valence-corrected chi connectivity index (χ1v) is 9.04. The van der Waals surface area contributed by atoms with Gasteiger partial charge in [-0.05, 0) is 31.5 Å². The van der Waals surface area contributed by atoms with Gasteiger partial charge < -0.3 is 14.7 Å². The molecule has 2 aliphatic heterocycles. The lowest BCUT2D eigenvalue weighted by atomic mass is 9.94. The molecule has 0 bridgehead atoms. The van der Waals surface area contributed by atoms with Gasteiger partial charge in [-0.15, -0.1) is 0 Å². The maximum Gasteiger partial charge on any atom is 0.253 e. The van der Waals surface area contributed by atoms with Gasteiger partial charge >= 0.3 is 0 Å². The van der Waals surface area contributed by atoms with E-state index in [0.29, 0.717) is 13.1 Å². The average Bonchev–Trinajstić information content (AvgIpc) is 2.68. The number of likely N-dealkylation sites (N-methyl/N-ethyl adjacent to an activating group) is 1. The lowest BCUT2D eigenvalue weighted by molar-refractivity contribution is -0.138. The van der Waals surface area contributed by atoms with E-state index >= 15 is 0 Å². The van der Waals surface area contributed by atoms with Crippen LogP contribution < -0.4 is 0 Å². The van der Waals surface area contributed by atoms with E-state index in [-0.39, 0.29) is 17.7 Å². The van der Waals surface area contributed by atoms with E-state index in [4.69, 9.17) is 0 Å². The monoisotopic (exact) mass is 329 g/mol. The topological polar surface area (TPSA) is 43.9 Å². The second-order valence-electron chi connectivity index (χ2n) is 6.69. The molecule has 0 unspecified atom stereocenters. The molecule has 0 N–H and O–H groups in total. The minimum absolute atomic E-state index is 0.0815. The number of hydrogen-bond acceptors (Lipinski definition) is 3. The van der Waals surface area contributed by atoms with Crippen molar-refractivity contribution in [2.45, 2.75) is 19.8 Å². The minimum atomic E-state index is 0.0815. The van der Waals surface area contributed by atoms with Gasteiger partial charge in [-0.25, -0.2) is 0 Å². The Hall–Kier alpha value is -1.88. The molecule has 2 amide bonds. The summed E-state index contributed by atoms with van der Waals surface area (Å²) in [5, 5.41) is 0. The van der Waals surface area contributed by atoms with Crippen LogP contribution in [0.15, 0.2) is 30.3 Å². The molecule has 2 saturated heterocycles. The Balaban J connectivity index is 1.50. The van der Waals surface area contributed by atoms with E-state index in [0.717, 1.165) is 51.1 Å². The molecule has 24 heavy (non-hydrogen) atoms. The van der Waals surface area contributed by atoms with Crippen molar-refractivity contribution in [1.82, 2.24) is 14.7 Å². The molecule has 1 aromatic carbocycles. The molecular weight excluding hydrogens is 302 g/mol. The molecule has 0 spiro atoms. The van der Waals surface area contributed by atoms with Crippen LogP contribution in [0.1, 0.15) is 30.1 Å². The molecule has 2 aliphatic rings. The summed E-state index contributed by atoms with van der Waals surface area (Å²) in [6, 6.07) is 9.40. The van der Waals surface area contributed by atoms with Gasteiger partial charge in [-0.3, -0.25) is 9.59 Å². The van der Waals surface area contributed by atoms with Gasteiger partial charge in [0.2, 0.25) is 5.91 Å². The first-order chi connectivity index (χ1) is 11.7.